The number of hydrogen-bond donors (Lipinski definition) is 1. The van der Waals surface area contributed by atoms with Crippen molar-refractivity contribution in [1.82, 2.24) is 5.06 Å². The molecule has 0 atom stereocenters. The molecule has 0 saturated heterocycles. The Hall–Kier alpha value is -1.22. The van der Waals surface area contributed by atoms with Gasteiger partial charge in [0.15, 0.2) is 0 Å². The lowest BCUT2D eigenvalue weighted by molar-refractivity contribution is -0.00398. The molecule has 0 unspecified atom stereocenters. The second kappa shape index (κ2) is 3.45. The number of hydroxylamine groups is 2. The topological polar surface area (TPSA) is 38.5 Å². The third-order valence-electron chi connectivity index (χ3n) is 1.48. The summed E-state index contributed by atoms with van der Waals surface area (Å²) < 4.78 is 0. The van der Waals surface area contributed by atoms with Crippen molar-refractivity contribution in [2.75, 3.05) is 19.8 Å². The van der Waals surface area contributed by atoms with E-state index in [1.165, 1.54) is 0 Å². The number of anilines is 1. The van der Waals surface area contributed by atoms with Gasteiger partial charge in [0, 0.05) is 19.8 Å². The first-order chi connectivity index (χ1) is 5.59. The average molecular weight is 166 g/mol. The van der Waals surface area contributed by atoms with Gasteiger partial charge in [-0.05, 0) is 30.7 Å². The zero-order chi connectivity index (χ0) is 9.14. The smallest absolute Gasteiger partial charge is 0.150 e. The standard InChI is InChI=1S/C9H14N2O/c1-7-6-8(10)4-5-9(7)12-11(2)3/h4-6H,10H2,1-3H3. The minimum absolute atomic E-state index is 0.763. The van der Waals surface area contributed by atoms with E-state index in [9.17, 15) is 0 Å². The molecular weight excluding hydrogens is 152 g/mol. The molecule has 3 nitrogen and oxygen atoms in total. The van der Waals surface area contributed by atoms with Crippen LogP contribution < -0.4 is 10.6 Å². The maximum absolute atomic E-state index is 5.59. The van der Waals surface area contributed by atoms with Crippen molar-refractivity contribution in [3.05, 3.63) is 23.8 Å². The number of rotatable bonds is 2. The highest BCUT2D eigenvalue weighted by molar-refractivity contribution is 5.46. The molecule has 1 rings (SSSR count). The minimum atomic E-state index is 0.763. The lowest BCUT2D eigenvalue weighted by Gasteiger charge is -2.13. The van der Waals surface area contributed by atoms with Gasteiger partial charge in [-0.2, -0.15) is 5.06 Å². The zero-order valence-corrected chi connectivity index (χ0v) is 7.66. The van der Waals surface area contributed by atoms with Crippen LogP contribution in [0.25, 0.3) is 0 Å². The first kappa shape index (κ1) is 8.87. The largest absolute Gasteiger partial charge is 0.406 e. The van der Waals surface area contributed by atoms with E-state index in [0.717, 1.165) is 17.0 Å². The van der Waals surface area contributed by atoms with Crippen LogP contribution in [0.5, 0.6) is 5.75 Å². The van der Waals surface area contributed by atoms with Gasteiger partial charge in [0.25, 0.3) is 0 Å². The van der Waals surface area contributed by atoms with Crippen molar-refractivity contribution in [3.63, 3.8) is 0 Å². The Morgan fingerprint density at radius 1 is 1.33 bits per heavy atom. The predicted molar refractivity (Wildman–Crippen MR) is 49.9 cm³/mol. The number of benzene rings is 1. The summed E-state index contributed by atoms with van der Waals surface area (Å²) in [4.78, 5) is 5.38. The molecule has 12 heavy (non-hydrogen) atoms. The molecule has 0 aliphatic rings. The Labute approximate surface area is 72.7 Å². The third kappa shape index (κ3) is 2.13. The summed E-state index contributed by atoms with van der Waals surface area (Å²) in [6, 6.07) is 5.58. The van der Waals surface area contributed by atoms with Gasteiger partial charge in [-0.3, -0.25) is 0 Å². The van der Waals surface area contributed by atoms with Crippen molar-refractivity contribution in [1.29, 1.82) is 0 Å². The lowest BCUT2D eigenvalue weighted by atomic mass is 10.2. The first-order valence-corrected chi connectivity index (χ1v) is 3.81. The van der Waals surface area contributed by atoms with E-state index in [0.29, 0.717) is 0 Å². The molecule has 0 saturated carbocycles. The van der Waals surface area contributed by atoms with Crippen molar-refractivity contribution in [2.45, 2.75) is 6.92 Å². The van der Waals surface area contributed by atoms with Gasteiger partial charge in [0.1, 0.15) is 5.75 Å². The molecular formula is C9H14N2O. The second-order valence-electron chi connectivity index (χ2n) is 2.93. The normalized spacial score (nSPS) is 10.3. The molecule has 0 radical (unpaired) electrons. The van der Waals surface area contributed by atoms with Gasteiger partial charge in [-0.25, -0.2) is 0 Å². The molecule has 0 amide bonds. The first-order valence-electron chi connectivity index (χ1n) is 3.81. The Morgan fingerprint density at radius 3 is 2.50 bits per heavy atom. The predicted octanol–water partition coefficient (Wildman–Crippen LogP) is 1.43. The average Bonchev–Trinajstić information content (AvgIpc) is 1.94. The molecule has 0 aliphatic carbocycles. The number of aryl methyl sites for hydroxylation is 1. The van der Waals surface area contributed by atoms with Crippen LogP contribution in [0.15, 0.2) is 18.2 Å². The Morgan fingerprint density at radius 2 is 2.00 bits per heavy atom. The highest BCUT2D eigenvalue weighted by atomic mass is 16.7. The minimum Gasteiger partial charge on any atom is -0.406 e. The van der Waals surface area contributed by atoms with Gasteiger partial charge in [0.05, 0.1) is 0 Å². The number of nitrogens with two attached hydrogens (primary N) is 1. The molecule has 66 valence electrons. The fourth-order valence-corrected chi connectivity index (χ4v) is 0.972. The van der Waals surface area contributed by atoms with Crippen LogP contribution in [0.1, 0.15) is 5.56 Å². The third-order valence-corrected chi connectivity index (χ3v) is 1.48. The summed E-state index contributed by atoms with van der Waals surface area (Å²) in [5.74, 6) is 0.842. The van der Waals surface area contributed by atoms with E-state index in [1.54, 1.807) is 5.06 Å². The van der Waals surface area contributed by atoms with Crippen LogP contribution in [-0.4, -0.2) is 19.2 Å². The van der Waals surface area contributed by atoms with Crippen molar-refractivity contribution in [3.8, 4) is 5.75 Å². The molecule has 1 aromatic rings. The van der Waals surface area contributed by atoms with Crippen LogP contribution in [0, 0.1) is 6.92 Å². The second-order valence-corrected chi connectivity index (χ2v) is 2.93. The molecule has 0 heterocycles. The van der Waals surface area contributed by atoms with Crippen LogP contribution >= 0.6 is 0 Å². The molecule has 3 heteroatoms. The van der Waals surface area contributed by atoms with Crippen LogP contribution in [-0.2, 0) is 0 Å². The Bertz CT molecular complexity index is 271. The molecule has 0 spiro atoms. The summed E-state index contributed by atoms with van der Waals surface area (Å²) >= 11 is 0. The SMILES string of the molecule is Cc1cc(N)ccc1ON(C)C. The Balaban J connectivity index is 2.86. The molecule has 0 fully saturated rings. The fraction of sp³-hybridized carbons (Fsp3) is 0.333. The lowest BCUT2D eigenvalue weighted by Crippen LogP contribution is -2.16. The molecule has 0 bridgehead atoms. The highest BCUT2D eigenvalue weighted by Crippen LogP contribution is 2.20. The van der Waals surface area contributed by atoms with Gasteiger partial charge in [0.2, 0.25) is 0 Å². The van der Waals surface area contributed by atoms with E-state index in [4.69, 9.17) is 10.6 Å². The summed E-state index contributed by atoms with van der Waals surface area (Å²) in [6.07, 6.45) is 0. The van der Waals surface area contributed by atoms with E-state index >= 15 is 0 Å². The molecule has 0 aromatic heterocycles. The van der Waals surface area contributed by atoms with Crippen LogP contribution in [0.4, 0.5) is 5.69 Å². The van der Waals surface area contributed by atoms with Gasteiger partial charge >= 0.3 is 0 Å². The van der Waals surface area contributed by atoms with E-state index in [-0.39, 0.29) is 0 Å². The molecule has 0 aliphatic heterocycles. The van der Waals surface area contributed by atoms with E-state index in [2.05, 4.69) is 0 Å². The van der Waals surface area contributed by atoms with E-state index < -0.39 is 0 Å². The van der Waals surface area contributed by atoms with Crippen LogP contribution in [0.3, 0.4) is 0 Å². The van der Waals surface area contributed by atoms with Crippen molar-refractivity contribution in [2.24, 2.45) is 0 Å². The summed E-state index contributed by atoms with van der Waals surface area (Å²) in [5, 5.41) is 1.65. The summed E-state index contributed by atoms with van der Waals surface area (Å²) in [7, 11) is 3.69. The maximum atomic E-state index is 5.59. The summed E-state index contributed by atoms with van der Waals surface area (Å²) in [6.45, 7) is 1.97. The highest BCUT2D eigenvalue weighted by Gasteiger charge is 2.00. The van der Waals surface area contributed by atoms with Crippen molar-refractivity contribution < 1.29 is 4.84 Å². The monoisotopic (exact) mass is 166 g/mol. The molecule has 1 aromatic carbocycles. The zero-order valence-electron chi connectivity index (χ0n) is 7.66. The number of nitrogens with zero attached hydrogens (tertiary/aromatic N) is 1. The van der Waals surface area contributed by atoms with Crippen LogP contribution in [0.2, 0.25) is 0 Å². The quantitative estimate of drug-likeness (QED) is 0.533. The maximum Gasteiger partial charge on any atom is 0.150 e. The van der Waals surface area contributed by atoms with Gasteiger partial charge in [-0.1, -0.05) is 0 Å². The fourth-order valence-electron chi connectivity index (χ4n) is 0.972. The number of hydrogen-bond acceptors (Lipinski definition) is 3. The molecule has 2 N–H and O–H groups in total. The van der Waals surface area contributed by atoms with Gasteiger partial charge in [-0.15, -0.1) is 0 Å². The van der Waals surface area contributed by atoms with E-state index in [1.807, 2.05) is 39.2 Å². The van der Waals surface area contributed by atoms with Crippen molar-refractivity contribution >= 4 is 5.69 Å². The number of nitrogen functional groups attached to an aromatic ring is 1. The summed E-state index contributed by atoms with van der Waals surface area (Å²) in [5.41, 5.74) is 7.40. The van der Waals surface area contributed by atoms with Gasteiger partial charge < -0.3 is 10.6 Å². The Kier molecular flexibility index (Phi) is 2.55.